The number of nitrogens with two attached hydrogens (primary N) is 1. The maximum atomic E-state index is 5.60. The monoisotopic (exact) mass is 299 g/mol. The molecule has 2 rings (SSSR count). The molecule has 2 N–H and O–H groups in total. The Morgan fingerprint density at radius 2 is 2.31 bits per heavy atom. The standard InChI is InChI=1S/C11H14BrN3S/c1-7-9(3-4-13)15(2)14-11(7)10-5-8(12)6-16-10/h5-6H,3-4,13H2,1-2H3. The zero-order valence-electron chi connectivity index (χ0n) is 9.33. The summed E-state index contributed by atoms with van der Waals surface area (Å²) in [5, 5.41) is 6.64. The number of aryl methyl sites for hydroxylation is 1. The molecule has 0 unspecified atom stereocenters. The van der Waals surface area contributed by atoms with Gasteiger partial charge in [0, 0.05) is 29.0 Å². The van der Waals surface area contributed by atoms with Crippen LogP contribution in [0.5, 0.6) is 0 Å². The molecule has 0 aromatic carbocycles. The van der Waals surface area contributed by atoms with Crippen molar-refractivity contribution in [2.24, 2.45) is 12.8 Å². The van der Waals surface area contributed by atoms with Gasteiger partial charge in [0.15, 0.2) is 0 Å². The van der Waals surface area contributed by atoms with Crippen molar-refractivity contribution in [3.63, 3.8) is 0 Å². The molecule has 2 aromatic heterocycles. The topological polar surface area (TPSA) is 43.8 Å². The summed E-state index contributed by atoms with van der Waals surface area (Å²) in [5.41, 5.74) is 9.14. The third-order valence-electron chi connectivity index (χ3n) is 2.61. The largest absolute Gasteiger partial charge is 0.330 e. The predicted molar refractivity (Wildman–Crippen MR) is 71.7 cm³/mol. The van der Waals surface area contributed by atoms with E-state index < -0.39 is 0 Å². The van der Waals surface area contributed by atoms with E-state index in [4.69, 9.17) is 5.73 Å². The van der Waals surface area contributed by atoms with Gasteiger partial charge < -0.3 is 5.73 Å². The number of thiophene rings is 1. The van der Waals surface area contributed by atoms with Gasteiger partial charge in [-0.05, 0) is 41.0 Å². The first-order valence-electron chi connectivity index (χ1n) is 5.10. The van der Waals surface area contributed by atoms with E-state index in [0.29, 0.717) is 6.54 Å². The second-order valence-electron chi connectivity index (χ2n) is 3.71. The fraction of sp³-hybridized carbons (Fsp3) is 0.364. The van der Waals surface area contributed by atoms with E-state index in [0.717, 1.165) is 16.6 Å². The van der Waals surface area contributed by atoms with Crippen LogP contribution >= 0.6 is 27.3 Å². The van der Waals surface area contributed by atoms with Crippen molar-refractivity contribution in [2.45, 2.75) is 13.3 Å². The molecule has 16 heavy (non-hydrogen) atoms. The van der Waals surface area contributed by atoms with E-state index in [-0.39, 0.29) is 0 Å². The Morgan fingerprint density at radius 3 is 2.88 bits per heavy atom. The van der Waals surface area contributed by atoms with Crippen molar-refractivity contribution in [1.82, 2.24) is 9.78 Å². The third kappa shape index (κ3) is 2.07. The van der Waals surface area contributed by atoms with E-state index in [1.165, 1.54) is 16.1 Å². The molecular formula is C11H14BrN3S. The summed E-state index contributed by atoms with van der Waals surface area (Å²) in [6.07, 6.45) is 0.877. The van der Waals surface area contributed by atoms with Crippen molar-refractivity contribution in [2.75, 3.05) is 6.54 Å². The second-order valence-corrected chi connectivity index (χ2v) is 5.54. The SMILES string of the molecule is Cc1c(-c2cc(Br)cs2)nn(C)c1CCN. The van der Waals surface area contributed by atoms with E-state index in [9.17, 15) is 0 Å². The van der Waals surface area contributed by atoms with Crippen LogP contribution in [0.2, 0.25) is 0 Å². The number of nitrogens with zero attached hydrogens (tertiary/aromatic N) is 2. The molecule has 0 aliphatic carbocycles. The van der Waals surface area contributed by atoms with Crippen LogP contribution in [0.3, 0.4) is 0 Å². The molecule has 0 aliphatic heterocycles. The molecule has 0 saturated carbocycles. The highest BCUT2D eigenvalue weighted by atomic mass is 79.9. The quantitative estimate of drug-likeness (QED) is 0.947. The fourth-order valence-electron chi connectivity index (χ4n) is 1.82. The summed E-state index contributed by atoms with van der Waals surface area (Å²) in [5.74, 6) is 0. The summed E-state index contributed by atoms with van der Waals surface area (Å²) < 4.78 is 3.04. The van der Waals surface area contributed by atoms with Gasteiger partial charge >= 0.3 is 0 Å². The highest BCUT2D eigenvalue weighted by Crippen LogP contribution is 2.32. The Morgan fingerprint density at radius 1 is 1.56 bits per heavy atom. The molecule has 86 valence electrons. The summed E-state index contributed by atoms with van der Waals surface area (Å²) in [4.78, 5) is 1.20. The highest BCUT2D eigenvalue weighted by Gasteiger charge is 2.14. The number of hydrogen-bond acceptors (Lipinski definition) is 3. The third-order valence-corrected chi connectivity index (χ3v) is 4.31. The molecule has 0 spiro atoms. The minimum Gasteiger partial charge on any atom is -0.330 e. The first kappa shape index (κ1) is 11.8. The van der Waals surface area contributed by atoms with Gasteiger partial charge in [-0.15, -0.1) is 11.3 Å². The summed E-state index contributed by atoms with van der Waals surface area (Å²) in [7, 11) is 1.98. The molecule has 2 heterocycles. The average Bonchev–Trinajstić information content (AvgIpc) is 2.77. The number of hydrogen-bond donors (Lipinski definition) is 1. The molecule has 2 aromatic rings. The molecule has 0 saturated heterocycles. The van der Waals surface area contributed by atoms with Gasteiger partial charge in [-0.25, -0.2) is 0 Å². The van der Waals surface area contributed by atoms with Crippen molar-refractivity contribution >= 4 is 27.3 Å². The molecule has 0 fully saturated rings. The smallest absolute Gasteiger partial charge is 0.105 e. The van der Waals surface area contributed by atoms with Gasteiger partial charge in [-0.3, -0.25) is 4.68 Å². The molecule has 0 bridgehead atoms. The average molecular weight is 300 g/mol. The van der Waals surface area contributed by atoms with Crippen molar-refractivity contribution in [1.29, 1.82) is 0 Å². The Kier molecular flexibility index (Phi) is 3.47. The minimum atomic E-state index is 0.661. The van der Waals surface area contributed by atoms with Crippen LogP contribution in [0.25, 0.3) is 10.6 Å². The van der Waals surface area contributed by atoms with E-state index >= 15 is 0 Å². The van der Waals surface area contributed by atoms with E-state index in [1.54, 1.807) is 11.3 Å². The van der Waals surface area contributed by atoms with Gasteiger partial charge in [-0.1, -0.05) is 0 Å². The van der Waals surface area contributed by atoms with Crippen LogP contribution in [0.1, 0.15) is 11.3 Å². The van der Waals surface area contributed by atoms with Crippen molar-refractivity contribution in [3.8, 4) is 10.6 Å². The zero-order chi connectivity index (χ0) is 11.7. The zero-order valence-corrected chi connectivity index (χ0v) is 11.7. The first-order valence-corrected chi connectivity index (χ1v) is 6.77. The second kappa shape index (κ2) is 4.69. The number of rotatable bonds is 3. The van der Waals surface area contributed by atoms with Crippen molar-refractivity contribution in [3.05, 3.63) is 27.2 Å². The summed E-state index contributed by atoms with van der Waals surface area (Å²) in [6, 6.07) is 2.10. The van der Waals surface area contributed by atoms with Crippen LogP contribution < -0.4 is 5.73 Å². The summed E-state index contributed by atoms with van der Waals surface area (Å²) in [6.45, 7) is 2.77. The lowest BCUT2D eigenvalue weighted by Crippen LogP contribution is -2.08. The minimum absolute atomic E-state index is 0.661. The van der Waals surface area contributed by atoms with E-state index in [2.05, 4.69) is 39.4 Å². The van der Waals surface area contributed by atoms with E-state index in [1.807, 2.05) is 11.7 Å². The fourth-order valence-corrected chi connectivity index (χ4v) is 3.29. The molecule has 5 heteroatoms. The molecule has 0 aliphatic rings. The maximum Gasteiger partial charge on any atom is 0.105 e. The molecule has 3 nitrogen and oxygen atoms in total. The first-order chi connectivity index (χ1) is 7.63. The van der Waals surface area contributed by atoms with Crippen LogP contribution in [0, 0.1) is 6.92 Å². The van der Waals surface area contributed by atoms with Crippen molar-refractivity contribution < 1.29 is 0 Å². The lowest BCUT2D eigenvalue weighted by Gasteiger charge is -1.99. The molecule has 0 atom stereocenters. The Bertz CT molecular complexity index is 501. The highest BCUT2D eigenvalue weighted by molar-refractivity contribution is 9.10. The Labute approximate surface area is 107 Å². The lowest BCUT2D eigenvalue weighted by molar-refractivity contribution is 0.706. The van der Waals surface area contributed by atoms with Gasteiger partial charge in [0.05, 0.1) is 4.88 Å². The van der Waals surface area contributed by atoms with Gasteiger partial charge in [0.1, 0.15) is 5.69 Å². The van der Waals surface area contributed by atoms with Gasteiger partial charge in [-0.2, -0.15) is 5.10 Å². The Hall–Kier alpha value is -0.650. The van der Waals surface area contributed by atoms with Crippen LogP contribution in [0.15, 0.2) is 15.9 Å². The maximum absolute atomic E-state index is 5.60. The van der Waals surface area contributed by atoms with Gasteiger partial charge in [0.25, 0.3) is 0 Å². The molecule has 0 radical (unpaired) electrons. The van der Waals surface area contributed by atoms with Crippen LogP contribution in [0.4, 0.5) is 0 Å². The van der Waals surface area contributed by atoms with Crippen LogP contribution in [-0.2, 0) is 13.5 Å². The number of aromatic nitrogens is 2. The predicted octanol–water partition coefficient (Wildman–Crippen LogP) is 2.72. The van der Waals surface area contributed by atoms with Crippen LogP contribution in [-0.4, -0.2) is 16.3 Å². The summed E-state index contributed by atoms with van der Waals surface area (Å²) >= 11 is 5.17. The van der Waals surface area contributed by atoms with Gasteiger partial charge in [0.2, 0.25) is 0 Å². The Balaban J connectivity index is 2.46. The molecule has 0 amide bonds. The number of halogens is 1. The molecular weight excluding hydrogens is 286 g/mol. The normalized spacial score (nSPS) is 11.0. The lowest BCUT2D eigenvalue weighted by atomic mass is 10.1.